The van der Waals surface area contributed by atoms with E-state index in [4.69, 9.17) is 0 Å². The van der Waals surface area contributed by atoms with Crippen LogP contribution in [0.4, 0.5) is 13.2 Å². The van der Waals surface area contributed by atoms with Gasteiger partial charge in [-0.05, 0) is 30.5 Å². The summed E-state index contributed by atoms with van der Waals surface area (Å²) in [5, 5.41) is 2.96. The second-order valence-corrected chi connectivity index (χ2v) is 7.05. The largest absolute Gasteiger partial charge is 0.398 e. The normalized spacial score (nSPS) is 15.6. The summed E-state index contributed by atoms with van der Waals surface area (Å²) in [7, 11) is 0. The van der Waals surface area contributed by atoms with Crippen LogP contribution in [0.2, 0.25) is 0 Å². The number of aromatic nitrogens is 1. The Morgan fingerprint density at radius 3 is 2.52 bits per heavy atom. The van der Waals surface area contributed by atoms with Gasteiger partial charge in [0, 0.05) is 18.2 Å². The average molecular weight is 366 g/mol. The van der Waals surface area contributed by atoms with Gasteiger partial charge in [-0.3, -0.25) is 4.79 Å². The molecule has 1 aromatic heterocycles. The molecule has 25 heavy (non-hydrogen) atoms. The van der Waals surface area contributed by atoms with Crippen LogP contribution in [0.3, 0.4) is 0 Å². The summed E-state index contributed by atoms with van der Waals surface area (Å²) in [6, 6.07) is 13.0. The molecule has 0 saturated heterocycles. The molecule has 3 rings (SSSR count). The van der Waals surface area contributed by atoms with Gasteiger partial charge in [0.25, 0.3) is 5.91 Å². The van der Waals surface area contributed by atoms with Crippen molar-refractivity contribution < 1.29 is 18.0 Å². The molecule has 0 atom stereocenters. The highest BCUT2D eigenvalue weighted by atomic mass is 32.2. The van der Waals surface area contributed by atoms with Crippen LogP contribution >= 0.6 is 11.8 Å². The maximum Gasteiger partial charge on any atom is 0.398 e. The number of amides is 1. The highest BCUT2D eigenvalue weighted by Gasteiger charge is 2.44. The van der Waals surface area contributed by atoms with Gasteiger partial charge < -0.3 is 5.32 Å². The smallest absolute Gasteiger partial charge is 0.351 e. The molecule has 1 amide bonds. The van der Waals surface area contributed by atoms with Crippen LogP contribution in [0.5, 0.6) is 0 Å². The molecule has 0 aliphatic heterocycles. The quantitative estimate of drug-likeness (QED) is 0.779. The Kier molecular flexibility index (Phi) is 5.03. The van der Waals surface area contributed by atoms with Gasteiger partial charge in [0.2, 0.25) is 0 Å². The van der Waals surface area contributed by atoms with Gasteiger partial charge >= 0.3 is 6.18 Å². The molecule has 0 unspecified atom stereocenters. The molecule has 0 spiro atoms. The van der Waals surface area contributed by atoms with Crippen LogP contribution in [0.1, 0.15) is 28.8 Å². The number of nitrogens with zero attached hydrogens (tertiary/aromatic N) is 1. The van der Waals surface area contributed by atoms with E-state index < -0.39 is 11.9 Å². The Morgan fingerprint density at radius 2 is 1.88 bits per heavy atom. The van der Waals surface area contributed by atoms with E-state index in [-0.39, 0.29) is 21.9 Å². The molecule has 1 heterocycles. The fraction of sp³-hybridized carbons (Fsp3) is 0.333. The number of carbonyl (C=O) groups excluding carboxylic acids is 1. The lowest BCUT2D eigenvalue weighted by molar-refractivity contribution is -0.105. The molecule has 1 aliphatic carbocycles. The number of benzene rings is 1. The summed E-state index contributed by atoms with van der Waals surface area (Å²) < 4.78 is 37.3. The van der Waals surface area contributed by atoms with Crippen molar-refractivity contribution in [3.05, 3.63) is 59.8 Å². The fourth-order valence-electron chi connectivity index (χ4n) is 2.68. The predicted octanol–water partition coefficient (Wildman–Crippen LogP) is 4.20. The lowest BCUT2D eigenvalue weighted by atomic mass is 9.96. The number of alkyl halides is 3. The zero-order valence-electron chi connectivity index (χ0n) is 13.3. The van der Waals surface area contributed by atoms with Gasteiger partial charge in [-0.1, -0.05) is 42.1 Å². The third-order valence-corrected chi connectivity index (χ3v) is 5.29. The Hall–Kier alpha value is -2.02. The number of halogens is 3. The van der Waals surface area contributed by atoms with E-state index in [9.17, 15) is 18.0 Å². The molecule has 0 bridgehead atoms. The van der Waals surface area contributed by atoms with Crippen molar-refractivity contribution in [1.29, 1.82) is 0 Å². The fourth-order valence-corrected chi connectivity index (χ4v) is 3.44. The summed E-state index contributed by atoms with van der Waals surface area (Å²) >= 11 is 0.531. The van der Waals surface area contributed by atoms with E-state index in [0.29, 0.717) is 18.3 Å². The molecule has 1 fully saturated rings. The molecule has 7 heteroatoms. The molecule has 2 aromatic rings. The maximum atomic E-state index is 12.5. The first-order chi connectivity index (χ1) is 11.9. The van der Waals surface area contributed by atoms with E-state index in [1.54, 1.807) is 6.07 Å². The first kappa shape index (κ1) is 17.8. The van der Waals surface area contributed by atoms with Crippen molar-refractivity contribution in [2.24, 2.45) is 0 Å². The first-order valence-corrected chi connectivity index (χ1v) is 8.87. The second-order valence-electron chi connectivity index (χ2n) is 6.09. The van der Waals surface area contributed by atoms with Gasteiger partial charge in [-0.15, -0.1) is 0 Å². The van der Waals surface area contributed by atoms with E-state index in [0.717, 1.165) is 12.8 Å². The van der Waals surface area contributed by atoms with E-state index in [2.05, 4.69) is 10.3 Å². The van der Waals surface area contributed by atoms with Crippen LogP contribution < -0.4 is 5.32 Å². The van der Waals surface area contributed by atoms with E-state index >= 15 is 0 Å². The van der Waals surface area contributed by atoms with Crippen LogP contribution in [0, 0.1) is 0 Å². The minimum atomic E-state index is -4.30. The minimum Gasteiger partial charge on any atom is -0.351 e. The van der Waals surface area contributed by atoms with Crippen LogP contribution in [0.15, 0.2) is 53.7 Å². The van der Waals surface area contributed by atoms with Gasteiger partial charge in [0.05, 0.1) is 11.3 Å². The molecule has 1 aliphatic rings. The number of hydrogen-bond acceptors (Lipinski definition) is 3. The Morgan fingerprint density at radius 1 is 1.16 bits per heavy atom. The standard InChI is InChI=1S/C18H17F3N2OS/c19-18(20,21)12-25-16-14(7-4-10-22-16)15(24)23-11-17(8-9-17)13-5-2-1-3-6-13/h1-7,10H,8-9,11-12H2,(H,23,24). The lowest BCUT2D eigenvalue weighted by Crippen LogP contribution is -2.32. The van der Waals surface area contributed by atoms with Crippen molar-refractivity contribution in [3.63, 3.8) is 0 Å². The molecule has 3 nitrogen and oxygen atoms in total. The van der Waals surface area contributed by atoms with E-state index in [1.807, 2.05) is 30.3 Å². The molecule has 1 saturated carbocycles. The Labute approximate surface area is 148 Å². The molecule has 0 radical (unpaired) electrons. The molecule has 132 valence electrons. The summed E-state index contributed by atoms with van der Waals surface area (Å²) in [4.78, 5) is 16.4. The van der Waals surface area contributed by atoms with E-state index in [1.165, 1.54) is 17.8 Å². The highest BCUT2D eigenvalue weighted by molar-refractivity contribution is 7.99. The topological polar surface area (TPSA) is 42.0 Å². The summed E-state index contributed by atoms with van der Waals surface area (Å²) in [5.74, 6) is -1.46. The van der Waals surface area contributed by atoms with Crippen LogP contribution in [-0.2, 0) is 5.41 Å². The Bertz CT molecular complexity index is 745. The number of rotatable bonds is 6. The number of pyridine rings is 1. The number of thioether (sulfide) groups is 1. The molecular weight excluding hydrogens is 349 g/mol. The lowest BCUT2D eigenvalue weighted by Gasteiger charge is -2.17. The van der Waals surface area contributed by atoms with Crippen LogP contribution in [-0.4, -0.2) is 29.4 Å². The number of carbonyl (C=O) groups is 1. The average Bonchev–Trinajstić information content (AvgIpc) is 3.39. The third kappa shape index (κ3) is 4.54. The van der Waals surface area contributed by atoms with Crippen molar-refractivity contribution in [2.45, 2.75) is 29.5 Å². The SMILES string of the molecule is O=C(NCC1(c2ccccc2)CC1)c1cccnc1SCC(F)(F)F. The second kappa shape index (κ2) is 7.07. The minimum absolute atomic E-state index is 0.0571. The summed E-state index contributed by atoms with van der Waals surface area (Å²) in [6.45, 7) is 0.466. The van der Waals surface area contributed by atoms with Crippen molar-refractivity contribution in [3.8, 4) is 0 Å². The van der Waals surface area contributed by atoms with Gasteiger partial charge in [0.15, 0.2) is 0 Å². The van der Waals surface area contributed by atoms with Gasteiger partial charge in [0.1, 0.15) is 5.03 Å². The predicted molar refractivity (Wildman–Crippen MR) is 90.7 cm³/mol. The zero-order chi connectivity index (χ0) is 17.9. The summed E-state index contributed by atoms with van der Waals surface area (Å²) in [6.07, 6.45) is -0.941. The first-order valence-electron chi connectivity index (χ1n) is 7.88. The van der Waals surface area contributed by atoms with Gasteiger partial charge in [-0.25, -0.2) is 4.98 Å². The molecular formula is C18H17F3N2OS. The monoisotopic (exact) mass is 366 g/mol. The van der Waals surface area contributed by atoms with Crippen molar-refractivity contribution >= 4 is 17.7 Å². The summed E-state index contributed by atoms with van der Waals surface area (Å²) in [5.41, 5.74) is 1.30. The van der Waals surface area contributed by atoms with Gasteiger partial charge in [-0.2, -0.15) is 13.2 Å². The zero-order valence-corrected chi connectivity index (χ0v) is 14.2. The van der Waals surface area contributed by atoms with Crippen molar-refractivity contribution in [2.75, 3.05) is 12.3 Å². The molecule has 1 N–H and O–H groups in total. The maximum absolute atomic E-state index is 12.5. The third-order valence-electron chi connectivity index (χ3n) is 4.22. The highest BCUT2D eigenvalue weighted by Crippen LogP contribution is 2.47. The molecule has 1 aromatic carbocycles. The number of hydrogen-bond donors (Lipinski definition) is 1. The van der Waals surface area contributed by atoms with Crippen molar-refractivity contribution in [1.82, 2.24) is 10.3 Å². The number of nitrogens with one attached hydrogen (secondary N) is 1. The Balaban J connectivity index is 1.66. The van der Waals surface area contributed by atoms with Crippen LogP contribution in [0.25, 0.3) is 0 Å².